The highest BCUT2D eigenvalue weighted by Crippen LogP contribution is 2.45. The molecule has 4 amide bonds. The molecule has 0 bridgehead atoms. The molecule has 14 heterocycles. The first-order valence-corrected chi connectivity index (χ1v) is 51.0. The molecule has 6 aliphatic rings. The van der Waals surface area contributed by atoms with Gasteiger partial charge in [-0.15, -0.1) is 0 Å². The zero-order valence-corrected chi connectivity index (χ0v) is 83.8. The lowest BCUT2D eigenvalue weighted by molar-refractivity contribution is 0.0937. The number of amides is 4. The standard InChI is InChI=1S/C31H30N4O4S.C30H29FN4O2S.C29H26N4O4.C26H25N3O3/c1-31(2,3)40(37)35-17-24-14-26(30(36)33-15-20-9-10-27-28(12-20)39-19-38-27)34-29(25(24)18-35)22-7-4-6-21(13-22)23-8-5-11-32-16-23;1-30(2,3)38(37)35-18-24-15-27(29(36)33-17-23-8-4-5-12-26(23)31)34-28(25(24)19-35)21-10-6-9-20(14-21)22-11-7-13-32-16-22;34-10-8-23-27-22(16-31-23)13-24(29(35)32-14-18-6-7-25-26(11-18)37-17-36-25)33-28(27)20-4-1-3-19(12-20)21-5-2-9-30-15-21;1-2-27-26(31)21-13-19-15-28-20(10-11-30)24(19)25(29-21)18-8-5-7-16(12-18)23-14-17-6-3-4-9-22(17)32-23/h4-14,16H,15,17-19H2,1-3H3,(H,33,36);4-16H,17-19H2,1-3H3,(H,33,36);1-7,9,11-13,15,23,31,34H,8,10,14,16-17H2,(H,32,35);3-9,12-14,20,28,30H,2,10-11,15H2,1H3,(H,27,31)/t;38-;23-;20-/m.111/s1. The fraction of sp³-hybridized carbons (Fsp3) is 0.233. The van der Waals surface area contributed by atoms with Crippen LogP contribution in [0.25, 0.3) is 101 Å². The van der Waals surface area contributed by atoms with Crippen LogP contribution in [0.1, 0.15) is 177 Å². The topological polar surface area (TPSA) is 362 Å². The summed E-state index contributed by atoms with van der Waals surface area (Å²) in [7, 11) is -2.44. The van der Waals surface area contributed by atoms with E-state index in [-0.39, 0.29) is 74.7 Å². The largest absolute Gasteiger partial charge is 0.456 e. The summed E-state index contributed by atoms with van der Waals surface area (Å²) in [6.45, 7) is 18.6. The number of furan rings is 1. The molecule has 8 aromatic carbocycles. The molecule has 0 saturated carbocycles. The second kappa shape index (κ2) is 44.6. The van der Waals surface area contributed by atoms with Crippen LogP contribution in [0.2, 0.25) is 0 Å². The number of nitrogens with one attached hydrogen (secondary N) is 6. The molecule has 28 nitrogen and oxygen atoms in total. The van der Waals surface area contributed by atoms with Gasteiger partial charge in [0, 0.05) is 183 Å². The van der Waals surface area contributed by atoms with Crippen LogP contribution in [-0.4, -0.2) is 129 Å². The van der Waals surface area contributed by atoms with Crippen molar-refractivity contribution in [2.45, 2.75) is 142 Å². The van der Waals surface area contributed by atoms with Crippen LogP contribution in [0.5, 0.6) is 23.0 Å². The van der Waals surface area contributed by atoms with Gasteiger partial charge in [0.25, 0.3) is 23.6 Å². The van der Waals surface area contributed by atoms with Gasteiger partial charge >= 0.3 is 0 Å². The molecular weight excluding hydrogens is 1890 g/mol. The molecule has 0 aliphatic carbocycles. The zero-order valence-electron chi connectivity index (χ0n) is 82.2. The summed E-state index contributed by atoms with van der Waals surface area (Å²) >= 11 is 0. The summed E-state index contributed by atoms with van der Waals surface area (Å²) < 4.78 is 71.4. The van der Waals surface area contributed by atoms with Crippen LogP contribution in [0.4, 0.5) is 4.39 Å². The van der Waals surface area contributed by atoms with Gasteiger partial charge in [-0.1, -0.05) is 140 Å². The molecule has 16 aromatic rings. The Kier molecular flexibility index (Phi) is 30.3. The van der Waals surface area contributed by atoms with E-state index < -0.39 is 37.4 Å². The van der Waals surface area contributed by atoms with E-state index in [4.69, 9.17) is 43.3 Å². The Labute approximate surface area is 855 Å². The molecule has 4 atom stereocenters. The molecule has 8 N–H and O–H groups in total. The Balaban J connectivity index is 0.000000124. The summed E-state index contributed by atoms with van der Waals surface area (Å²) in [5.41, 5.74) is 25.8. The number of rotatable bonds is 25. The highest BCUT2D eigenvalue weighted by atomic mass is 32.2. The van der Waals surface area contributed by atoms with Gasteiger partial charge in [0.05, 0.1) is 32.3 Å². The maximum Gasteiger partial charge on any atom is 0.270 e. The van der Waals surface area contributed by atoms with E-state index >= 15 is 0 Å². The summed E-state index contributed by atoms with van der Waals surface area (Å²) in [6, 6.07) is 78.7. The van der Waals surface area contributed by atoms with Gasteiger partial charge < -0.3 is 65.5 Å². The van der Waals surface area contributed by atoms with Crippen LogP contribution in [-0.2, 0) is 80.9 Å². The second-order valence-electron chi connectivity index (χ2n) is 38.1. The summed E-state index contributed by atoms with van der Waals surface area (Å²) in [4.78, 5) is 84.4. The maximum atomic E-state index is 14.1. The minimum Gasteiger partial charge on any atom is -0.456 e. The van der Waals surface area contributed by atoms with Gasteiger partial charge in [0.15, 0.2) is 23.0 Å². The number of benzene rings is 8. The van der Waals surface area contributed by atoms with Crippen LogP contribution in [0.15, 0.2) is 290 Å². The zero-order chi connectivity index (χ0) is 102. The lowest BCUT2D eigenvalue weighted by Crippen LogP contribution is -2.34. The third-order valence-electron chi connectivity index (χ3n) is 25.9. The van der Waals surface area contributed by atoms with Crippen molar-refractivity contribution in [2.24, 2.45) is 0 Å². The first kappa shape index (κ1) is 100. The number of hydrogen-bond donors (Lipinski definition) is 8. The molecule has 0 saturated heterocycles. The van der Waals surface area contributed by atoms with Crippen molar-refractivity contribution in [3.63, 3.8) is 0 Å². The average molecular weight is 2010 g/mol. The predicted molar refractivity (Wildman–Crippen MR) is 563 cm³/mol. The van der Waals surface area contributed by atoms with Gasteiger partial charge in [0.2, 0.25) is 13.6 Å². The van der Waals surface area contributed by atoms with E-state index in [0.717, 1.165) is 151 Å². The minimum absolute atomic E-state index is 0.00403. The first-order valence-electron chi connectivity index (χ1n) is 48.7. The molecule has 31 heteroatoms. The number of hydrogen-bond acceptors (Lipinski definition) is 22. The molecule has 0 fully saturated rings. The number of nitrogens with zero attached hydrogens (tertiary/aromatic N) is 9. The molecule has 22 rings (SSSR count). The number of aliphatic hydroxyl groups excluding tert-OH is 2. The first-order chi connectivity index (χ1) is 71.3. The molecule has 0 radical (unpaired) electrons. The van der Waals surface area contributed by atoms with Crippen molar-refractivity contribution in [1.82, 2.24) is 75.4 Å². The van der Waals surface area contributed by atoms with Crippen LogP contribution in [0.3, 0.4) is 0 Å². The van der Waals surface area contributed by atoms with Crippen LogP contribution < -0.4 is 50.8 Å². The average Bonchev–Trinajstić information content (AvgIpc) is 1.67. The fourth-order valence-corrected chi connectivity index (χ4v) is 21.3. The quantitative estimate of drug-likeness (QED) is 0.0263. The van der Waals surface area contributed by atoms with Crippen LogP contribution >= 0.6 is 0 Å². The Hall–Kier alpha value is -15.6. The van der Waals surface area contributed by atoms with E-state index in [9.17, 15) is 42.2 Å². The Morgan fingerprint density at radius 1 is 0.401 bits per heavy atom. The van der Waals surface area contributed by atoms with E-state index in [1.54, 1.807) is 49.1 Å². The molecule has 0 spiro atoms. The molecular formula is C116H110FN15O13S2. The maximum absolute atomic E-state index is 14.1. The SMILES string of the molecule is CC(C)(C)S(=O)N1Cc2cc(C(=O)NCc3ccc4c(c3)OCO4)nc(-c3cccc(-c4cccnc4)c3)c2C1.CC(C)(C)[S@@](=O)N1Cc2cc(C(=O)NCc3ccccc3F)nc(-c3cccc(-c4cccnc4)c3)c2C1.CCNC(=O)c1cc2c(c(-c3cccc(-c4cc5ccccc5o4)c3)n1)[C@@H](CCO)NC2.O=C(NCc1ccc2c(c1)OCO2)c1cc2c(c(-c3cccc(-c4cccnc4)c3)n1)[C@@H](CCO)NC2. The fourth-order valence-electron chi connectivity index (χ4n) is 18.7. The monoisotopic (exact) mass is 2000 g/mol. The Morgan fingerprint density at radius 2 is 0.782 bits per heavy atom. The number of pyridine rings is 7. The highest BCUT2D eigenvalue weighted by Gasteiger charge is 2.38. The number of carbonyl (C=O) groups excluding carboxylic acids is 4. The van der Waals surface area contributed by atoms with Gasteiger partial charge in [-0.3, -0.25) is 34.1 Å². The number of para-hydroxylation sites is 1. The normalized spacial score (nSPS) is 15.0. The van der Waals surface area contributed by atoms with Crippen molar-refractivity contribution in [3.8, 4) is 113 Å². The van der Waals surface area contributed by atoms with Crippen molar-refractivity contribution >= 4 is 56.6 Å². The third-order valence-corrected chi connectivity index (χ3v) is 29.4. The Bertz CT molecular complexity index is 7650. The van der Waals surface area contributed by atoms with E-state index in [1.807, 2.05) is 270 Å². The summed E-state index contributed by atoms with van der Waals surface area (Å²) in [5.74, 6) is 2.06. The van der Waals surface area contributed by atoms with E-state index in [1.165, 1.54) is 6.07 Å². The van der Waals surface area contributed by atoms with E-state index in [0.29, 0.717) is 123 Å². The summed E-state index contributed by atoms with van der Waals surface area (Å²) in [6.07, 6.45) is 11.8. The molecule has 1 unspecified atom stereocenters. The van der Waals surface area contributed by atoms with Crippen molar-refractivity contribution in [1.29, 1.82) is 0 Å². The minimum atomic E-state index is -1.23. The second-order valence-corrected chi connectivity index (χ2v) is 42.6. The number of aliphatic hydroxyl groups is 2. The van der Waals surface area contributed by atoms with Gasteiger partial charge in [0.1, 0.15) is 61.9 Å². The van der Waals surface area contributed by atoms with Crippen molar-refractivity contribution in [3.05, 3.63) is 376 Å². The third kappa shape index (κ3) is 22.9. The van der Waals surface area contributed by atoms with Crippen molar-refractivity contribution in [2.75, 3.05) is 33.3 Å². The van der Waals surface area contributed by atoms with Crippen LogP contribution in [0, 0.1) is 5.82 Å². The molecule has 746 valence electrons. The lowest BCUT2D eigenvalue weighted by atomic mass is 9.94. The van der Waals surface area contributed by atoms with E-state index in [2.05, 4.69) is 65.1 Å². The highest BCUT2D eigenvalue weighted by molar-refractivity contribution is 7.84. The molecule has 8 aromatic heterocycles. The van der Waals surface area contributed by atoms with Crippen molar-refractivity contribution < 1.29 is 65.6 Å². The number of aromatic nitrogens is 7. The smallest absolute Gasteiger partial charge is 0.270 e. The number of halogens is 1. The summed E-state index contributed by atoms with van der Waals surface area (Å²) in [5, 5.41) is 38.8. The molecule has 147 heavy (non-hydrogen) atoms. The van der Waals surface area contributed by atoms with Gasteiger partial charge in [-0.05, 0) is 243 Å². The lowest BCUT2D eigenvalue weighted by Gasteiger charge is -2.24. The predicted octanol–water partition coefficient (Wildman–Crippen LogP) is 19.3. The molecule has 6 aliphatic heterocycles. The number of ether oxygens (including phenoxy) is 4. The number of carbonyl (C=O) groups is 4. The van der Waals surface area contributed by atoms with Gasteiger partial charge in [-0.2, -0.15) is 0 Å². The van der Waals surface area contributed by atoms with Gasteiger partial charge in [-0.25, -0.2) is 41.4 Å². The Morgan fingerprint density at radius 3 is 1.20 bits per heavy atom. The number of fused-ring (bicyclic) bond motifs is 7.